The van der Waals surface area contributed by atoms with Crippen molar-refractivity contribution in [3.63, 3.8) is 0 Å². The molecular weight excluding hydrogens is 314 g/mol. The van der Waals surface area contributed by atoms with Crippen molar-refractivity contribution in [2.75, 3.05) is 26.2 Å². The molecule has 0 radical (unpaired) electrons. The third-order valence-corrected chi connectivity index (χ3v) is 3.81. The van der Waals surface area contributed by atoms with E-state index < -0.39 is 0 Å². The minimum atomic E-state index is 0. The molecule has 0 saturated carbocycles. The van der Waals surface area contributed by atoms with Crippen LogP contribution in [0.25, 0.3) is 11.4 Å². The summed E-state index contributed by atoms with van der Waals surface area (Å²) in [6.45, 7) is 5.86. The molecule has 0 aliphatic carbocycles. The number of likely N-dealkylation sites (tertiary alicyclic amines) is 1. The summed E-state index contributed by atoms with van der Waals surface area (Å²) in [5.74, 6) is 1.46. The zero-order valence-corrected chi connectivity index (χ0v) is 14.1. The van der Waals surface area contributed by atoms with E-state index in [9.17, 15) is 5.11 Å². The number of hydrogen-bond acceptors (Lipinski definition) is 5. The van der Waals surface area contributed by atoms with Crippen molar-refractivity contribution < 1.29 is 9.84 Å². The van der Waals surface area contributed by atoms with Gasteiger partial charge >= 0.3 is 0 Å². The fraction of sp³-hybridized carbons (Fsp3) is 0.412. The summed E-state index contributed by atoms with van der Waals surface area (Å²) in [4.78, 5) is 11.3. The number of phenolic OH excluding ortho intramolecular Hbond substituents is 1. The Morgan fingerprint density at radius 2 is 1.83 bits per heavy atom. The number of aromatic hydroxyl groups is 1. The fourth-order valence-corrected chi connectivity index (χ4v) is 2.64. The average Bonchev–Trinajstić information content (AvgIpc) is 3.01. The summed E-state index contributed by atoms with van der Waals surface area (Å²) in [6.07, 6.45) is 2.58. The predicted molar refractivity (Wildman–Crippen MR) is 92.3 cm³/mol. The maximum atomic E-state index is 9.36. The van der Waals surface area contributed by atoms with Crippen LogP contribution in [0.1, 0.15) is 18.5 Å². The van der Waals surface area contributed by atoms with Gasteiger partial charge in [-0.15, -0.1) is 12.4 Å². The van der Waals surface area contributed by atoms with Crippen LogP contribution in [-0.2, 0) is 0 Å². The Bertz CT molecular complexity index is 628. The summed E-state index contributed by atoms with van der Waals surface area (Å²) < 4.78 is 5.79. The Labute approximate surface area is 142 Å². The van der Waals surface area contributed by atoms with Gasteiger partial charge in [0.2, 0.25) is 5.88 Å². The van der Waals surface area contributed by atoms with E-state index in [4.69, 9.17) is 4.74 Å². The van der Waals surface area contributed by atoms with Crippen molar-refractivity contribution in [2.45, 2.75) is 19.8 Å². The molecule has 5 nitrogen and oxygen atoms in total. The third kappa shape index (κ3) is 4.81. The van der Waals surface area contributed by atoms with Crippen LogP contribution in [0, 0.1) is 6.92 Å². The minimum absolute atomic E-state index is 0. The van der Waals surface area contributed by atoms with Crippen LogP contribution in [0.15, 0.2) is 30.3 Å². The molecule has 3 rings (SSSR count). The number of halogens is 1. The third-order valence-electron chi connectivity index (χ3n) is 3.81. The van der Waals surface area contributed by atoms with Gasteiger partial charge in [-0.3, -0.25) is 4.90 Å². The number of phenols is 1. The topological polar surface area (TPSA) is 58.5 Å². The number of aromatic nitrogens is 2. The zero-order chi connectivity index (χ0) is 15.4. The van der Waals surface area contributed by atoms with Crippen molar-refractivity contribution in [1.29, 1.82) is 0 Å². The maximum absolute atomic E-state index is 9.36. The van der Waals surface area contributed by atoms with Gasteiger partial charge in [-0.05, 0) is 57.1 Å². The van der Waals surface area contributed by atoms with Crippen LogP contribution in [-0.4, -0.2) is 46.2 Å². The zero-order valence-electron chi connectivity index (χ0n) is 13.2. The molecule has 1 N–H and O–H groups in total. The second kappa shape index (κ2) is 8.13. The number of ether oxygens (including phenoxy) is 1. The van der Waals surface area contributed by atoms with Crippen molar-refractivity contribution in [3.05, 3.63) is 36.0 Å². The van der Waals surface area contributed by atoms with Gasteiger partial charge in [0.25, 0.3) is 0 Å². The molecule has 0 spiro atoms. The highest BCUT2D eigenvalue weighted by molar-refractivity contribution is 5.85. The van der Waals surface area contributed by atoms with Crippen LogP contribution in [0.3, 0.4) is 0 Å². The van der Waals surface area contributed by atoms with Gasteiger partial charge < -0.3 is 9.84 Å². The monoisotopic (exact) mass is 335 g/mol. The molecule has 0 unspecified atom stereocenters. The van der Waals surface area contributed by atoms with Gasteiger partial charge in [0.1, 0.15) is 12.4 Å². The minimum Gasteiger partial charge on any atom is -0.508 e. The summed E-state index contributed by atoms with van der Waals surface area (Å²) >= 11 is 0. The first kappa shape index (κ1) is 17.5. The first-order chi connectivity index (χ1) is 10.7. The summed E-state index contributed by atoms with van der Waals surface area (Å²) in [7, 11) is 0. The van der Waals surface area contributed by atoms with E-state index in [-0.39, 0.29) is 18.2 Å². The Balaban J connectivity index is 0.00000192. The largest absolute Gasteiger partial charge is 0.508 e. The first-order valence-electron chi connectivity index (χ1n) is 7.71. The van der Waals surface area contributed by atoms with E-state index in [0.717, 1.165) is 17.8 Å². The van der Waals surface area contributed by atoms with Crippen LogP contribution in [0.2, 0.25) is 0 Å². The van der Waals surface area contributed by atoms with Gasteiger partial charge in [-0.1, -0.05) is 0 Å². The van der Waals surface area contributed by atoms with E-state index in [2.05, 4.69) is 14.9 Å². The molecule has 6 heteroatoms. The Morgan fingerprint density at radius 3 is 2.52 bits per heavy atom. The van der Waals surface area contributed by atoms with E-state index in [1.54, 1.807) is 24.3 Å². The summed E-state index contributed by atoms with van der Waals surface area (Å²) in [5, 5.41) is 9.36. The molecular formula is C17H22ClN3O2. The lowest BCUT2D eigenvalue weighted by Crippen LogP contribution is -2.25. The van der Waals surface area contributed by atoms with Gasteiger partial charge in [-0.2, -0.15) is 4.98 Å². The molecule has 1 aliphatic rings. The lowest BCUT2D eigenvalue weighted by Gasteiger charge is -2.15. The second-order valence-corrected chi connectivity index (χ2v) is 5.62. The molecule has 124 valence electrons. The molecule has 0 bridgehead atoms. The van der Waals surface area contributed by atoms with Crippen molar-refractivity contribution in [3.8, 4) is 23.0 Å². The van der Waals surface area contributed by atoms with E-state index in [1.807, 2.05) is 13.0 Å². The molecule has 23 heavy (non-hydrogen) atoms. The molecule has 1 fully saturated rings. The van der Waals surface area contributed by atoms with Crippen LogP contribution < -0.4 is 4.74 Å². The highest BCUT2D eigenvalue weighted by Crippen LogP contribution is 2.21. The molecule has 2 heterocycles. The maximum Gasteiger partial charge on any atom is 0.217 e. The quantitative estimate of drug-likeness (QED) is 0.910. The Kier molecular flexibility index (Phi) is 6.19. The number of aryl methyl sites for hydroxylation is 1. The first-order valence-corrected chi connectivity index (χ1v) is 7.71. The smallest absolute Gasteiger partial charge is 0.217 e. The van der Waals surface area contributed by atoms with Crippen molar-refractivity contribution in [2.24, 2.45) is 0 Å². The van der Waals surface area contributed by atoms with E-state index in [1.165, 1.54) is 25.9 Å². The summed E-state index contributed by atoms with van der Waals surface area (Å²) in [5.41, 5.74) is 1.74. The Hall–Kier alpha value is -1.85. The van der Waals surface area contributed by atoms with Gasteiger partial charge in [0.05, 0.1) is 0 Å². The van der Waals surface area contributed by atoms with E-state index >= 15 is 0 Å². The summed E-state index contributed by atoms with van der Waals surface area (Å²) in [6, 6.07) is 8.73. The predicted octanol–water partition coefficient (Wildman–Crippen LogP) is 3.05. The van der Waals surface area contributed by atoms with Gasteiger partial charge in [-0.25, -0.2) is 4.98 Å². The molecule has 2 aromatic rings. The Morgan fingerprint density at radius 1 is 1.13 bits per heavy atom. The van der Waals surface area contributed by atoms with Crippen LogP contribution in [0.4, 0.5) is 0 Å². The molecule has 1 aliphatic heterocycles. The number of hydrogen-bond donors (Lipinski definition) is 1. The van der Waals surface area contributed by atoms with Crippen LogP contribution in [0.5, 0.6) is 11.6 Å². The second-order valence-electron chi connectivity index (χ2n) is 5.62. The lowest BCUT2D eigenvalue weighted by atomic mass is 10.2. The van der Waals surface area contributed by atoms with E-state index in [0.29, 0.717) is 18.3 Å². The standard InChI is InChI=1S/C17H21N3O2.ClH/c1-13-12-16(22-11-10-20-8-2-3-9-20)19-17(18-13)14-4-6-15(21)7-5-14;/h4-7,12,21H,2-3,8-11H2,1H3;1H. The van der Waals surface area contributed by atoms with Crippen molar-refractivity contribution >= 4 is 12.4 Å². The van der Waals surface area contributed by atoms with Crippen LogP contribution >= 0.6 is 12.4 Å². The molecule has 1 aromatic carbocycles. The lowest BCUT2D eigenvalue weighted by molar-refractivity contribution is 0.232. The number of rotatable bonds is 5. The fourth-order valence-electron chi connectivity index (χ4n) is 2.64. The normalized spacial score (nSPS) is 14.5. The van der Waals surface area contributed by atoms with Gasteiger partial charge in [0, 0.05) is 23.9 Å². The molecule has 1 saturated heterocycles. The average molecular weight is 336 g/mol. The molecule has 0 amide bonds. The SMILES string of the molecule is Cc1cc(OCCN2CCCC2)nc(-c2ccc(O)cc2)n1.Cl. The van der Waals surface area contributed by atoms with Gasteiger partial charge in [0.15, 0.2) is 5.82 Å². The van der Waals surface area contributed by atoms with Crippen molar-refractivity contribution in [1.82, 2.24) is 14.9 Å². The highest BCUT2D eigenvalue weighted by Gasteiger charge is 2.11. The molecule has 0 atom stereocenters. The highest BCUT2D eigenvalue weighted by atomic mass is 35.5. The number of nitrogens with zero attached hydrogens (tertiary/aromatic N) is 3. The number of benzene rings is 1. The molecule has 1 aromatic heterocycles.